The number of carbonyl (C=O) groups is 1. The molecule has 0 heterocycles. The van der Waals surface area contributed by atoms with Gasteiger partial charge in [0.1, 0.15) is 0 Å². The minimum absolute atomic E-state index is 0.109. The lowest BCUT2D eigenvalue weighted by molar-refractivity contribution is -0.119. The highest BCUT2D eigenvalue weighted by Gasteiger charge is 2.33. The van der Waals surface area contributed by atoms with Crippen molar-refractivity contribution in [3.8, 4) is 0 Å². The van der Waals surface area contributed by atoms with Gasteiger partial charge in [-0.15, -0.1) is 0 Å². The van der Waals surface area contributed by atoms with E-state index < -0.39 is 15.9 Å². The Labute approximate surface area is 150 Å². The second kappa shape index (κ2) is 7.00. The van der Waals surface area contributed by atoms with Gasteiger partial charge in [0.25, 0.3) is 10.0 Å². The molecule has 4 nitrogen and oxygen atoms in total. The van der Waals surface area contributed by atoms with E-state index >= 15 is 0 Å². The van der Waals surface area contributed by atoms with Crippen LogP contribution in [0.5, 0.6) is 0 Å². The molecule has 0 N–H and O–H groups in total. The van der Waals surface area contributed by atoms with E-state index in [1.54, 1.807) is 24.3 Å². The standard InChI is InChI=1S/C20H25NO3S/c1-15-11-12-16(2)18(13-15)21(19(22)14-20(3,4)5)25(23,24)17-9-7-6-8-10-17/h6-13H,14H2,1-5H3. The van der Waals surface area contributed by atoms with Crippen molar-refractivity contribution in [3.05, 3.63) is 59.7 Å². The van der Waals surface area contributed by atoms with E-state index in [0.29, 0.717) is 5.69 Å². The number of aryl methyl sites for hydroxylation is 2. The summed E-state index contributed by atoms with van der Waals surface area (Å²) in [5, 5.41) is 0. The summed E-state index contributed by atoms with van der Waals surface area (Å²) in [5.74, 6) is -0.426. The van der Waals surface area contributed by atoms with Gasteiger partial charge in [-0.2, -0.15) is 0 Å². The Morgan fingerprint density at radius 2 is 1.60 bits per heavy atom. The largest absolute Gasteiger partial charge is 0.273 e. The number of hydrogen-bond donors (Lipinski definition) is 0. The lowest BCUT2D eigenvalue weighted by Crippen LogP contribution is -2.39. The zero-order valence-corrected chi connectivity index (χ0v) is 16.2. The zero-order chi connectivity index (χ0) is 18.8. The number of carbonyl (C=O) groups excluding carboxylic acids is 1. The molecule has 0 aromatic heterocycles. The molecule has 0 radical (unpaired) electrons. The van der Waals surface area contributed by atoms with Crippen molar-refractivity contribution in [2.45, 2.75) is 45.9 Å². The van der Waals surface area contributed by atoms with Gasteiger partial charge in [0.2, 0.25) is 5.91 Å². The number of rotatable bonds is 4. The predicted molar refractivity (Wildman–Crippen MR) is 101 cm³/mol. The molecule has 0 saturated heterocycles. The molecule has 2 rings (SSSR count). The monoisotopic (exact) mass is 359 g/mol. The third-order valence-electron chi connectivity index (χ3n) is 3.77. The van der Waals surface area contributed by atoms with Crippen LogP contribution in [0.15, 0.2) is 53.4 Å². The molecule has 2 aromatic rings. The first kappa shape index (κ1) is 19.2. The summed E-state index contributed by atoms with van der Waals surface area (Å²) in [5.41, 5.74) is 1.74. The highest BCUT2D eigenvalue weighted by atomic mass is 32.2. The second-order valence-corrected chi connectivity index (χ2v) is 9.29. The lowest BCUT2D eigenvalue weighted by atomic mass is 9.92. The van der Waals surface area contributed by atoms with Gasteiger partial charge in [0.15, 0.2) is 0 Å². The first-order valence-corrected chi connectivity index (χ1v) is 9.67. The third kappa shape index (κ3) is 4.48. The van der Waals surface area contributed by atoms with Crippen LogP contribution >= 0.6 is 0 Å². The highest BCUT2D eigenvalue weighted by molar-refractivity contribution is 7.93. The maximum absolute atomic E-state index is 13.2. The molecule has 0 fully saturated rings. The molecule has 0 aliphatic rings. The third-order valence-corrected chi connectivity index (χ3v) is 5.52. The van der Waals surface area contributed by atoms with Gasteiger partial charge in [-0.05, 0) is 48.6 Å². The first-order chi connectivity index (χ1) is 11.5. The van der Waals surface area contributed by atoms with E-state index in [9.17, 15) is 13.2 Å². The molecule has 0 aliphatic heterocycles. The van der Waals surface area contributed by atoms with Gasteiger partial charge in [-0.1, -0.05) is 51.1 Å². The number of benzene rings is 2. The average Bonchev–Trinajstić information content (AvgIpc) is 2.50. The van der Waals surface area contributed by atoms with Crippen LogP contribution in [0, 0.1) is 19.3 Å². The van der Waals surface area contributed by atoms with Crippen LogP contribution in [0.1, 0.15) is 38.3 Å². The smallest absolute Gasteiger partial charge is 0.270 e. The Hall–Kier alpha value is -2.14. The topological polar surface area (TPSA) is 54.5 Å². The highest BCUT2D eigenvalue weighted by Crippen LogP contribution is 2.31. The molecule has 0 spiro atoms. The molecule has 0 aliphatic carbocycles. The Morgan fingerprint density at radius 1 is 1.00 bits per heavy atom. The van der Waals surface area contributed by atoms with Gasteiger partial charge in [0, 0.05) is 6.42 Å². The number of anilines is 1. The summed E-state index contributed by atoms with van der Waals surface area (Å²) in [4.78, 5) is 13.1. The van der Waals surface area contributed by atoms with E-state index in [1.807, 2.05) is 46.8 Å². The van der Waals surface area contributed by atoms with E-state index in [1.165, 1.54) is 12.1 Å². The van der Waals surface area contributed by atoms with Crippen LogP contribution in [0.3, 0.4) is 0 Å². The van der Waals surface area contributed by atoms with E-state index in [2.05, 4.69) is 0 Å². The molecule has 0 atom stereocenters. The van der Waals surface area contributed by atoms with E-state index in [4.69, 9.17) is 0 Å². The van der Waals surface area contributed by atoms with Gasteiger partial charge in [-0.3, -0.25) is 4.79 Å². The van der Waals surface area contributed by atoms with Gasteiger partial charge in [0.05, 0.1) is 10.6 Å². The molecule has 134 valence electrons. The molecular weight excluding hydrogens is 334 g/mol. The normalized spacial score (nSPS) is 12.0. The van der Waals surface area contributed by atoms with Crippen molar-refractivity contribution in [1.82, 2.24) is 0 Å². The van der Waals surface area contributed by atoms with Gasteiger partial charge < -0.3 is 0 Å². The van der Waals surface area contributed by atoms with Crippen molar-refractivity contribution in [1.29, 1.82) is 0 Å². The SMILES string of the molecule is Cc1ccc(C)c(N(C(=O)CC(C)(C)C)S(=O)(=O)c2ccccc2)c1. The van der Waals surface area contributed by atoms with Crippen molar-refractivity contribution >= 4 is 21.6 Å². The first-order valence-electron chi connectivity index (χ1n) is 8.23. The van der Waals surface area contributed by atoms with Crippen LogP contribution < -0.4 is 4.31 Å². The van der Waals surface area contributed by atoms with E-state index in [0.717, 1.165) is 15.4 Å². The van der Waals surface area contributed by atoms with Gasteiger partial charge in [-0.25, -0.2) is 12.7 Å². The maximum Gasteiger partial charge on any atom is 0.270 e. The van der Waals surface area contributed by atoms with E-state index in [-0.39, 0.29) is 16.7 Å². The fourth-order valence-corrected chi connectivity index (χ4v) is 4.06. The van der Waals surface area contributed by atoms with Crippen LogP contribution in [0.4, 0.5) is 5.69 Å². The fourth-order valence-electron chi connectivity index (χ4n) is 2.56. The van der Waals surface area contributed by atoms with Crippen LogP contribution in [0.2, 0.25) is 0 Å². The molecule has 5 heteroatoms. The molecule has 25 heavy (non-hydrogen) atoms. The summed E-state index contributed by atoms with van der Waals surface area (Å²) in [6.45, 7) is 9.45. The quantitative estimate of drug-likeness (QED) is 0.810. The minimum atomic E-state index is -3.98. The number of nitrogens with zero attached hydrogens (tertiary/aromatic N) is 1. The average molecular weight is 359 g/mol. The van der Waals surface area contributed by atoms with Crippen molar-refractivity contribution in [2.75, 3.05) is 4.31 Å². The summed E-state index contributed by atoms with van der Waals surface area (Å²) < 4.78 is 27.4. The lowest BCUT2D eigenvalue weighted by Gasteiger charge is -2.27. The molecule has 2 aromatic carbocycles. The summed E-state index contributed by atoms with van der Waals surface area (Å²) in [6, 6.07) is 13.6. The number of amides is 1. The summed E-state index contributed by atoms with van der Waals surface area (Å²) >= 11 is 0. The van der Waals surface area contributed by atoms with Crippen molar-refractivity contribution < 1.29 is 13.2 Å². The second-order valence-electron chi connectivity index (χ2n) is 7.50. The maximum atomic E-state index is 13.2. The Balaban J connectivity index is 2.65. The molecule has 0 bridgehead atoms. The Bertz CT molecular complexity index is 866. The molecular formula is C20H25NO3S. The predicted octanol–water partition coefficient (Wildman–Crippen LogP) is 4.46. The van der Waals surface area contributed by atoms with Crippen LogP contribution in [-0.2, 0) is 14.8 Å². The van der Waals surface area contributed by atoms with Gasteiger partial charge >= 0.3 is 0 Å². The van der Waals surface area contributed by atoms with Crippen LogP contribution in [0.25, 0.3) is 0 Å². The molecule has 1 amide bonds. The van der Waals surface area contributed by atoms with Crippen molar-refractivity contribution in [2.24, 2.45) is 5.41 Å². The Morgan fingerprint density at radius 3 is 2.16 bits per heavy atom. The van der Waals surface area contributed by atoms with Crippen LogP contribution in [-0.4, -0.2) is 14.3 Å². The molecule has 0 saturated carbocycles. The number of hydrogen-bond acceptors (Lipinski definition) is 3. The minimum Gasteiger partial charge on any atom is -0.273 e. The Kier molecular flexibility index (Phi) is 5.37. The zero-order valence-electron chi connectivity index (χ0n) is 15.4. The summed E-state index contributed by atoms with van der Waals surface area (Å²) in [7, 11) is -3.98. The van der Waals surface area contributed by atoms with Crippen molar-refractivity contribution in [3.63, 3.8) is 0 Å². The fraction of sp³-hybridized carbons (Fsp3) is 0.350. The number of sulfonamides is 1. The summed E-state index contributed by atoms with van der Waals surface area (Å²) in [6.07, 6.45) is 0.131. The molecule has 0 unspecified atom stereocenters.